The van der Waals surface area contributed by atoms with Gasteiger partial charge in [0.05, 0.1) is 16.8 Å². The molecular formula is C6H10BrNO3S. The van der Waals surface area contributed by atoms with Crippen LogP contribution in [0.15, 0.2) is 0 Å². The highest BCUT2D eigenvalue weighted by Crippen LogP contribution is 2.10. The standard InChI is InChI=1S/C6H10BrNO3S/c7-3-6(9)8-5-1-2-12(10,11)4-5/h5H,1-4H2,(H,8,9). The van der Waals surface area contributed by atoms with Crippen molar-refractivity contribution in [3.63, 3.8) is 0 Å². The first-order valence-electron chi connectivity index (χ1n) is 3.59. The zero-order valence-electron chi connectivity index (χ0n) is 6.42. The summed E-state index contributed by atoms with van der Waals surface area (Å²) in [7, 11) is -2.88. The number of alkyl halides is 1. The van der Waals surface area contributed by atoms with E-state index >= 15 is 0 Å². The number of halogens is 1. The van der Waals surface area contributed by atoms with Gasteiger partial charge in [-0.25, -0.2) is 8.42 Å². The maximum atomic E-state index is 10.9. The molecule has 0 saturated carbocycles. The van der Waals surface area contributed by atoms with Crippen LogP contribution in [0.3, 0.4) is 0 Å². The quantitative estimate of drug-likeness (QED) is 0.689. The third-order valence-electron chi connectivity index (χ3n) is 1.72. The van der Waals surface area contributed by atoms with Gasteiger partial charge >= 0.3 is 0 Å². The first kappa shape index (κ1) is 9.98. The molecule has 1 heterocycles. The molecule has 1 aliphatic rings. The smallest absolute Gasteiger partial charge is 0.230 e. The highest BCUT2D eigenvalue weighted by Gasteiger charge is 2.28. The first-order valence-corrected chi connectivity index (χ1v) is 6.53. The van der Waals surface area contributed by atoms with Gasteiger partial charge in [-0.15, -0.1) is 0 Å². The van der Waals surface area contributed by atoms with Crippen LogP contribution in [0.1, 0.15) is 6.42 Å². The molecule has 1 atom stereocenters. The largest absolute Gasteiger partial charge is 0.352 e. The summed E-state index contributed by atoms with van der Waals surface area (Å²) in [6.07, 6.45) is 0.543. The predicted octanol–water partition coefficient (Wildman–Crippen LogP) is -0.315. The van der Waals surface area contributed by atoms with Crippen LogP contribution in [-0.2, 0) is 14.6 Å². The number of hydrogen-bond donors (Lipinski definition) is 1. The van der Waals surface area contributed by atoms with E-state index in [1.54, 1.807) is 0 Å². The second-order valence-corrected chi connectivity index (χ2v) is 5.59. The molecule has 0 aromatic rings. The Morgan fingerprint density at radius 3 is 2.67 bits per heavy atom. The van der Waals surface area contributed by atoms with E-state index in [4.69, 9.17) is 0 Å². The van der Waals surface area contributed by atoms with Crippen molar-refractivity contribution in [2.75, 3.05) is 16.8 Å². The molecule has 70 valence electrons. The van der Waals surface area contributed by atoms with E-state index < -0.39 is 9.84 Å². The molecule has 0 aliphatic carbocycles. The van der Waals surface area contributed by atoms with E-state index in [0.717, 1.165) is 0 Å². The van der Waals surface area contributed by atoms with Crippen molar-refractivity contribution in [3.8, 4) is 0 Å². The minimum atomic E-state index is -2.88. The Labute approximate surface area is 79.8 Å². The summed E-state index contributed by atoms with van der Waals surface area (Å²) in [6, 6.07) is -0.181. The summed E-state index contributed by atoms with van der Waals surface area (Å²) in [4.78, 5) is 10.8. The van der Waals surface area contributed by atoms with E-state index in [2.05, 4.69) is 21.2 Å². The third kappa shape index (κ3) is 2.75. The molecule has 1 rings (SSSR count). The van der Waals surface area contributed by atoms with Gasteiger partial charge in [0.1, 0.15) is 0 Å². The second-order valence-electron chi connectivity index (χ2n) is 2.80. The highest BCUT2D eigenvalue weighted by atomic mass is 79.9. The molecule has 0 bridgehead atoms. The normalized spacial score (nSPS) is 26.9. The topological polar surface area (TPSA) is 63.2 Å². The van der Waals surface area contributed by atoms with Gasteiger partial charge in [-0.05, 0) is 6.42 Å². The van der Waals surface area contributed by atoms with Gasteiger partial charge in [-0.1, -0.05) is 15.9 Å². The van der Waals surface area contributed by atoms with Crippen LogP contribution in [-0.4, -0.2) is 37.2 Å². The fourth-order valence-corrected chi connectivity index (χ4v) is 3.01. The zero-order valence-corrected chi connectivity index (χ0v) is 8.82. The number of amides is 1. The van der Waals surface area contributed by atoms with Crippen molar-refractivity contribution in [3.05, 3.63) is 0 Å². The summed E-state index contributed by atoms with van der Waals surface area (Å²) in [6.45, 7) is 0. The van der Waals surface area contributed by atoms with E-state index in [1.807, 2.05) is 0 Å². The molecule has 0 radical (unpaired) electrons. The Morgan fingerprint density at radius 1 is 1.58 bits per heavy atom. The van der Waals surface area contributed by atoms with E-state index in [-0.39, 0.29) is 28.8 Å². The molecule has 0 spiro atoms. The Kier molecular flexibility index (Phi) is 3.11. The third-order valence-corrected chi connectivity index (χ3v) is 4.00. The Balaban J connectivity index is 2.43. The zero-order chi connectivity index (χ0) is 9.19. The van der Waals surface area contributed by atoms with E-state index in [9.17, 15) is 13.2 Å². The average molecular weight is 256 g/mol. The van der Waals surface area contributed by atoms with Crippen LogP contribution >= 0.6 is 15.9 Å². The molecule has 1 amide bonds. The number of hydrogen-bond acceptors (Lipinski definition) is 3. The molecule has 1 fully saturated rings. The van der Waals surface area contributed by atoms with E-state index in [0.29, 0.717) is 6.42 Å². The van der Waals surface area contributed by atoms with Crippen LogP contribution in [0, 0.1) is 0 Å². The van der Waals surface area contributed by atoms with Gasteiger partial charge in [-0.2, -0.15) is 0 Å². The molecule has 12 heavy (non-hydrogen) atoms. The van der Waals surface area contributed by atoms with Gasteiger partial charge in [0.2, 0.25) is 5.91 Å². The fraction of sp³-hybridized carbons (Fsp3) is 0.833. The number of carbonyl (C=O) groups is 1. The second kappa shape index (κ2) is 3.74. The minimum absolute atomic E-state index is 0.0890. The summed E-state index contributed by atoms with van der Waals surface area (Å²) >= 11 is 2.99. The Morgan fingerprint density at radius 2 is 2.25 bits per heavy atom. The number of rotatable bonds is 2. The highest BCUT2D eigenvalue weighted by molar-refractivity contribution is 9.09. The molecular weight excluding hydrogens is 246 g/mol. The first-order chi connectivity index (χ1) is 5.53. The lowest BCUT2D eigenvalue weighted by molar-refractivity contribution is -0.119. The summed E-state index contributed by atoms with van der Waals surface area (Å²) in [5, 5.41) is 2.84. The molecule has 1 aliphatic heterocycles. The lowest BCUT2D eigenvalue weighted by atomic mass is 10.3. The molecule has 4 nitrogen and oxygen atoms in total. The molecule has 0 aromatic heterocycles. The molecule has 1 saturated heterocycles. The maximum Gasteiger partial charge on any atom is 0.230 e. The lowest BCUT2D eigenvalue weighted by Gasteiger charge is -2.07. The van der Waals surface area contributed by atoms with Gasteiger partial charge in [0.15, 0.2) is 9.84 Å². The van der Waals surface area contributed by atoms with Crippen molar-refractivity contribution < 1.29 is 13.2 Å². The van der Waals surface area contributed by atoms with Crippen LogP contribution in [0.5, 0.6) is 0 Å². The Bertz CT molecular complexity index is 275. The molecule has 1 N–H and O–H groups in total. The van der Waals surface area contributed by atoms with Gasteiger partial charge in [0.25, 0.3) is 0 Å². The summed E-state index contributed by atoms with van der Waals surface area (Å²) in [5.74, 6) is 0.128. The van der Waals surface area contributed by atoms with Crippen LogP contribution in [0.4, 0.5) is 0 Å². The summed E-state index contributed by atoms with van der Waals surface area (Å²) in [5.41, 5.74) is 0. The van der Waals surface area contributed by atoms with Crippen molar-refractivity contribution in [2.24, 2.45) is 0 Å². The van der Waals surface area contributed by atoms with Gasteiger partial charge < -0.3 is 5.32 Å². The molecule has 0 aromatic carbocycles. The lowest BCUT2D eigenvalue weighted by Crippen LogP contribution is -2.36. The number of nitrogens with one attached hydrogen (secondary N) is 1. The maximum absolute atomic E-state index is 10.9. The van der Waals surface area contributed by atoms with Crippen molar-refractivity contribution in [2.45, 2.75) is 12.5 Å². The van der Waals surface area contributed by atoms with E-state index in [1.165, 1.54) is 0 Å². The minimum Gasteiger partial charge on any atom is -0.352 e. The Hall–Kier alpha value is -0.100. The van der Waals surface area contributed by atoms with Crippen LogP contribution < -0.4 is 5.32 Å². The number of carbonyl (C=O) groups excluding carboxylic acids is 1. The van der Waals surface area contributed by atoms with Crippen molar-refractivity contribution >= 4 is 31.7 Å². The van der Waals surface area contributed by atoms with Crippen LogP contribution in [0.25, 0.3) is 0 Å². The summed E-state index contributed by atoms with van der Waals surface area (Å²) < 4.78 is 21.9. The van der Waals surface area contributed by atoms with Crippen LogP contribution in [0.2, 0.25) is 0 Å². The molecule has 6 heteroatoms. The average Bonchev–Trinajstić information content (AvgIpc) is 2.30. The van der Waals surface area contributed by atoms with Gasteiger partial charge in [-0.3, -0.25) is 4.79 Å². The monoisotopic (exact) mass is 255 g/mol. The fourth-order valence-electron chi connectivity index (χ4n) is 1.18. The predicted molar refractivity (Wildman–Crippen MR) is 49.0 cm³/mol. The molecule has 1 unspecified atom stereocenters. The van der Waals surface area contributed by atoms with Gasteiger partial charge in [0, 0.05) is 6.04 Å². The van der Waals surface area contributed by atoms with Crippen molar-refractivity contribution in [1.29, 1.82) is 0 Å². The SMILES string of the molecule is O=C(CBr)NC1CCS(=O)(=O)C1. The number of sulfone groups is 1. The van der Waals surface area contributed by atoms with Crippen molar-refractivity contribution in [1.82, 2.24) is 5.32 Å².